The minimum atomic E-state index is 0.182. The van der Waals surface area contributed by atoms with Gasteiger partial charge in [0.05, 0.1) is 6.20 Å². The summed E-state index contributed by atoms with van der Waals surface area (Å²) < 4.78 is 0. The second-order valence-corrected chi connectivity index (χ2v) is 7.84. The molecule has 1 aromatic heterocycles. The molecule has 0 unspecified atom stereocenters. The lowest BCUT2D eigenvalue weighted by Crippen LogP contribution is -2.34. The lowest BCUT2D eigenvalue weighted by atomic mass is 9.89. The van der Waals surface area contributed by atoms with Crippen molar-refractivity contribution in [3.05, 3.63) is 52.3 Å². The van der Waals surface area contributed by atoms with Gasteiger partial charge in [-0.3, -0.25) is 4.79 Å². The molecule has 7 heteroatoms. The van der Waals surface area contributed by atoms with Gasteiger partial charge in [-0.05, 0) is 42.7 Å². The van der Waals surface area contributed by atoms with Crippen molar-refractivity contribution in [3.8, 4) is 6.07 Å². The fraction of sp³-hybridized carbons (Fsp3) is 0.429. The van der Waals surface area contributed by atoms with E-state index in [2.05, 4.69) is 44.5 Å². The van der Waals surface area contributed by atoms with Crippen LogP contribution in [0.3, 0.4) is 0 Å². The van der Waals surface area contributed by atoms with E-state index in [9.17, 15) is 4.79 Å². The van der Waals surface area contributed by atoms with Gasteiger partial charge in [0.2, 0.25) is 11.9 Å². The third kappa shape index (κ3) is 4.26. The average molecular weight is 396 g/mol. The summed E-state index contributed by atoms with van der Waals surface area (Å²) >= 11 is 6.03. The number of hydrogen-bond donors (Lipinski definition) is 1. The number of rotatable bonds is 5. The van der Waals surface area contributed by atoms with E-state index >= 15 is 0 Å². The van der Waals surface area contributed by atoms with Crippen molar-refractivity contribution in [2.24, 2.45) is 5.92 Å². The second-order valence-electron chi connectivity index (χ2n) is 7.48. The van der Waals surface area contributed by atoms with E-state index in [-0.39, 0.29) is 17.0 Å². The number of halogens is 1. The third-order valence-corrected chi connectivity index (χ3v) is 5.78. The summed E-state index contributed by atoms with van der Waals surface area (Å²) in [7, 11) is 0. The highest BCUT2D eigenvalue weighted by molar-refractivity contribution is 6.30. The Labute approximate surface area is 169 Å². The van der Waals surface area contributed by atoms with Crippen molar-refractivity contribution in [1.82, 2.24) is 15.3 Å². The molecule has 1 N–H and O–H groups in total. The van der Waals surface area contributed by atoms with Gasteiger partial charge in [-0.25, -0.2) is 4.98 Å². The van der Waals surface area contributed by atoms with Crippen LogP contribution in [0.5, 0.6) is 0 Å². The van der Waals surface area contributed by atoms with Crippen molar-refractivity contribution >= 4 is 23.5 Å². The number of nitriles is 1. The fourth-order valence-electron chi connectivity index (χ4n) is 3.58. The minimum absolute atomic E-state index is 0.182. The minimum Gasteiger partial charge on any atom is -0.352 e. The zero-order valence-corrected chi connectivity index (χ0v) is 16.3. The summed E-state index contributed by atoms with van der Waals surface area (Å²) in [5, 5.41) is 12.2. The number of piperidine rings is 1. The van der Waals surface area contributed by atoms with Crippen molar-refractivity contribution in [2.45, 2.75) is 38.1 Å². The molecule has 2 aliphatic rings. The normalized spacial score (nSPS) is 17.2. The topological polar surface area (TPSA) is 81.9 Å². The molecule has 1 aliphatic carbocycles. The van der Waals surface area contributed by atoms with Crippen LogP contribution in [-0.4, -0.2) is 29.0 Å². The number of carbonyl (C=O) groups excluding carboxylic acids is 1. The van der Waals surface area contributed by atoms with Crippen LogP contribution in [0, 0.1) is 17.2 Å². The van der Waals surface area contributed by atoms with E-state index < -0.39 is 0 Å². The first-order valence-corrected chi connectivity index (χ1v) is 10.1. The largest absolute Gasteiger partial charge is 0.352 e. The molecule has 6 nitrogen and oxygen atoms in total. The molecule has 144 valence electrons. The lowest BCUT2D eigenvalue weighted by molar-refractivity contribution is -0.122. The number of nitrogens with zero attached hydrogens (tertiary/aromatic N) is 4. The van der Waals surface area contributed by atoms with E-state index in [1.807, 2.05) is 6.07 Å². The summed E-state index contributed by atoms with van der Waals surface area (Å²) in [5.41, 5.74) is 2.76. The van der Waals surface area contributed by atoms with E-state index in [1.165, 1.54) is 11.8 Å². The van der Waals surface area contributed by atoms with E-state index in [1.54, 1.807) is 0 Å². The van der Waals surface area contributed by atoms with Crippen LogP contribution in [0.25, 0.3) is 0 Å². The summed E-state index contributed by atoms with van der Waals surface area (Å²) in [4.78, 5) is 22.4. The van der Waals surface area contributed by atoms with Crippen LogP contribution in [-0.2, 0) is 11.3 Å². The summed E-state index contributed by atoms with van der Waals surface area (Å²) in [6, 6.07) is 10.6. The number of anilines is 1. The van der Waals surface area contributed by atoms with Crippen molar-refractivity contribution in [3.63, 3.8) is 0 Å². The maximum Gasteiger partial charge on any atom is 0.226 e. The first kappa shape index (κ1) is 18.7. The van der Waals surface area contributed by atoms with Crippen LogP contribution in [0.2, 0.25) is 5.15 Å². The van der Waals surface area contributed by atoms with Crippen LogP contribution >= 0.6 is 11.6 Å². The molecule has 2 aromatic rings. The first-order chi connectivity index (χ1) is 13.6. The molecule has 1 aromatic carbocycles. The lowest BCUT2D eigenvalue weighted by Gasteiger charge is -2.32. The highest BCUT2D eigenvalue weighted by atomic mass is 35.5. The first-order valence-electron chi connectivity index (χ1n) is 9.68. The Balaban J connectivity index is 1.31. The molecule has 0 radical (unpaired) electrons. The summed E-state index contributed by atoms with van der Waals surface area (Å²) in [5.74, 6) is 1.52. The van der Waals surface area contributed by atoms with E-state index in [0.717, 1.165) is 44.3 Å². The predicted octanol–water partition coefficient (Wildman–Crippen LogP) is 3.41. The zero-order chi connectivity index (χ0) is 19.5. The molecule has 2 heterocycles. The molecule has 0 spiro atoms. The van der Waals surface area contributed by atoms with Crippen molar-refractivity contribution < 1.29 is 4.79 Å². The smallest absolute Gasteiger partial charge is 0.226 e. The monoisotopic (exact) mass is 395 g/mol. The highest BCUT2D eigenvalue weighted by Crippen LogP contribution is 2.30. The number of nitrogens with one attached hydrogen (secondary N) is 1. The Morgan fingerprint density at radius 2 is 1.93 bits per heavy atom. The van der Waals surface area contributed by atoms with E-state index in [0.29, 0.717) is 24.0 Å². The zero-order valence-electron chi connectivity index (χ0n) is 15.6. The second kappa shape index (κ2) is 8.15. The Morgan fingerprint density at radius 3 is 2.54 bits per heavy atom. The molecule has 1 saturated carbocycles. The van der Waals surface area contributed by atoms with Gasteiger partial charge >= 0.3 is 0 Å². The Kier molecular flexibility index (Phi) is 5.45. The number of hydrogen-bond acceptors (Lipinski definition) is 5. The number of aromatic nitrogens is 2. The Morgan fingerprint density at radius 1 is 1.21 bits per heavy atom. The van der Waals surface area contributed by atoms with Gasteiger partial charge in [-0.15, -0.1) is 0 Å². The fourth-order valence-corrected chi connectivity index (χ4v) is 3.75. The maximum absolute atomic E-state index is 11.7. The number of benzene rings is 1. The molecule has 1 amide bonds. The molecule has 0 atom stereocenters. The Hall–Kier alpha value is -2.65. The molecule has 0 bridgehead atoms. The van der Waals surface area contributed by atoms with Gasteiger partial charge < -0.3 is 10.2 Å². The van der Waals surface area contributed by atoms with Crippen molar-refractivity contribution in [1.29, 1.82) is 5.26 Å². The molecule has 2 fully saturated rings. The quantitative estimate of drug-likeness (QED) is 0.784. The molecule has 1 aliphatic heterocycles. The SMILES string of the molecule is N#Cc1cnc(N2CCC(c3ccc(CNC(=O)C4CC4)cc3)CC2)nc1Cl. The van der Waals surface area contributed by atoms with Gasteiger partial charge in [0.1, 0.15) is 11.6 Å². The highest BCUT2D eigenvalue weighted by Gasteiger charge is 2.29. The predicted molar refractivity (Wildman–Crippen MR) is 107 cm³/mol. The van der Waals surface area contributed by atoms with Crippen LogP contribution in [0.1, 0.15) is 48.3 Å². The standard InChI is InChI=1S/C21H22ClN5O/c22-19-18(11-23)13-25-21(26-19)27-9-7-16(8-10-27)15-3-1-14(2-4-15)12-24-20(28)17-5-6-17/h1-4,13,16-17H,5-10,12H2,(H,24,28). The molecular formula is C21H22ClN5O. The molecular weight excluding hydrogens is 374 g/mol. The molecule has 1 saturated heterocycles. The van der Waals surface area contributed by atoms with Gasteiger partial charge in [0.25, 0.3) is 0 Å². The molecule has 4 rings (SSSR count). The van der Waals surface area contributed by atoms with Gasteiger partial charge in [-0.2, -0.15) is 10.2 Å². The Bertz CT molecular complexity index is 896. The number of carbonyl (C=O) groups is 1. The third-order valence-electron chi connectivity index (χ3n) is 5.49. The van der Waals surface area contributed by atoms with Gasteiger partial charge in [-0.1, -0.05) is 35.9 Å². The average Bonchev–Trinajstić information content (AvgIpc) is 3.58. The van der Waals surface area contributed by atoms with Crippen LogP contribution < -0.4 is 10.2 Å². The number of amides is 1. The summed E-state index contributed by atoms with van der Waals surface area (Å²) in [6.45, 7) is 2.31. The maximum atomic E-state index is 11.7. The summed E-state index contributed by atoms with van der Waals surface area (Å²) in [6.07, 6.45) is 5.57. The molecule has 28 heavy (non-hydrogen) atoms. The van der Waals surface area contributed by atoms with Crippen LogP contribution in [0.15, 0.2) is 30.5 Å². The van der Waals surface area contributed by atoms with Gasteiger partial charge in [0, 0.05) is 25.6 Å². The van der Waals surface area contributed by atoms with Crippen LogP contribution in [0.4, 0.5) is 5.95 Å². The van der Waals surface area contributed by atoms with Gasteiger partial charge in [0.15, 0.2) is 5.15 Å². The van der Waals surface area contributed by atoms with E-state index in [4.69, 9.17) is 16.9 Å². The van der Waals surface area contributed by atoms with Crippen molar-refractivity contribution in [2.75, 3.05) is 18.0 Å².